The summed E-state index contributed by atoms with van der Waals surface area (Å²) in [5, 5.41) is 0. The van der Waals surface area contributed by atoms with E-state index >= 15 is 0 Å². The van der Waals surface area contributed by atoms with Crippen molar-refractivity contribution in [2.75, 3.05) is 45.8 Å². The van der Waals surface area contributed by atoms with Crippen LogP contribution < -0.4 is 4.74 Å². The number of fused-ring (bicyclic) bond motifs is 1. The van der Waals surface area contributed by atoms with Crippen LogP contribution >= 0.6 is 0 Å². The van der Waals surface area contributed by atoms with Crippen molar-refractivity contribution in [2.45, 2.75) is 24.9 Å². The number of sulfonamides is 1. The number of hydrogen-bond acceptors (Lipinski definition) is 8. The van der Waals surface area contributed by atoms with Gasteiger partial charge in [-0.25, -0.2) is 18.4 Å². The first-order valence-corrected chi connectivity index (χ1v) is 13.3. The predicted octanol–water partition coefficient (Wildman–Crippen LogP) is 2.62. The lowest BCUT2D eigenvalue weighted by Gasteiger charge is -2.30. The SMILES string of the molecule is CS(=O)(=O)N1CCO[C@H](COc2nc(-c3ccc(C4CCOCC4)cc3)cc3nccnc23)C1. The normalized spacial score (nSPS) is 20.4. The zero-order valence-electron chi connectivity index (χ0n) is 19.1. The summed E-state index contributed by atoms with van der Waals surface area (Å²) in [5.74, 6) is 0.883. The van der Waals surface area contributed by atoms with Crippen LogP contribution in [0, 0.1) is 0 Å². The molecule has 0 unspecified atom stereocenters. The minimum atomic E-state index is -3.28. The maximum atomic E-state index is 11.9. The second kappa shape index (κ2) is 9.91. The number of morpholine rings is 1. The standard InChI is InChI=1S/C24H28N4O5S/c1-34(29,30)28-10-13-32-20(15-28)16-33-24-23-22(25-8-9-26-23)14-21(27-24)19-4-2-17(3-5-19)18-6-11-31-12-7-18/h2-5,8-9,14,18,20H,6-7,10-13,15-16H2,1H3/t20-/m0/s1. The quantitative estimate of drug-likeness (QED) is 0.526. The van der Waals surface area contributed by atoms with E-state index in [1.807, 2.05) is 6.07 Å². The van der Waals surface area contributed by atoms with Crippen molar-refractivity contribution in [1.29, 1.82) is 0 Å². The van der Waals surface area contributed by atoms with Crippen molar-refractivity contribution < 1.29 is 22.6 Å². The summed E-state index contributed by atoms with van der Waals surface area (Å²) in [7, 11) is -3.28. The molecule has 2 aliphatic rings. The summed E-state index contributed by atoms with van der Waals surface area (Å²) in [4.78, 5) is 13.6. The molecule has 0 aliphatic carbocycles. The molecule has 9 nitrogen and oxygen atoms in total. The van der Waals surface area contributed by atoms with E-state index in [4.69, 9.17) is 19.2 Å². The Bertz CT molecular complexity index is 1250. The van der Waals surface area contributed by atoms with Crippen LogP contribution in [0.25, 0.3) is 22.3 Å². The van der Waals surface area contributed by atoms with Crippen molar-refractivity contribution in [3.05, 3.63) is 48.3 Å². The van der Waals surface area contributed by atoms with Crippen LogP contribution in [-0.4, -0.2) is 79.6 Å². The average Bonchev–Trinajstić information content (AvgIpc) is 2.87. The molecule has 10 heteroatoms. The molecular weight excluding hydrogens is 456 g/mol. The van der Waals surface area contributed by atoms with Crippen molar-refractivity contribution >= 4 is 21.1 Å². The van der Waals surface area contributed by atoms with E-state index in [9.17, 15) is 8.42 Å². The molecule has 3 aromatic rings. The molecule has 34 heavy (non-hydrogen) atoms. The first kappa shape index (κ1) is 23.1. The van der Waals surface area contributed by atoms with E-state index < -0.39 is 10.0 Å². The Labute approximate surface area is 199 Å². The molecule has 2 fully saturated rings. The molecule has 0 bridgehead atoms. The van der Waals surface area contributed by atoms with Gasteiger partial charge in [0.1, 0.15) is 12.7 Å². The molecule has 0 saturated carbocycles. The van der Waals surface area contributed by atoms with Crippen molar-refractivity contribution in [1.82, 2.24) is 19.3 Å². The fourth-order valence-corrected chi connectivity index (χ4v) is 5.26. The minimum Gasteiger partial charge on any atom is -0.473 e. The van der Waals surface area contributed by atoms with Gasteiger partial charge in [-0.3, -0.25) is 4.98 Å². The highest BCUT2D eigenvalue weighted by Gasteiger charge is 2.27. The largest absolute Gasteiger partial charge is 0.473 e. The third-order valence-electron chi connectivity index (χ3n) is 6.30. The lowest BCUT2D eigenvalue weighted by molar-refractivity contribution is -0.0252. The van der Waals surface area contributed by atoms with Crippen molar-refractivity contribution in [3.63, 3.8) is 0 Å². The number of nitrogens with zero attached hydrogens (tertiary/aromatic N) is 4. The Morgan fingerprint density at radius 1 is 1.09 bits per heavy atom. The van der Waals surface area contributed by atoms with Gasteiger partial charge in [0.15, 0.2) is 5.52 Å². The minimum absolute atomic E-state index is 0.164. The van der Waals surface area contributed by atoms with Gasteiger partial charge in [0.2, 0.25) is 15.9 Å². The molecule has 2 saturated heterocycles. The summed E-state index contributed by atoms with van der Waals surface area (Å²) < 4.78 is 42.4. The van der Waals surface area contributed by atoms with E-state index in [1.165, 1.54) is 16.1 Å². The zero-order chi connectivity index (χ0) is 23.5. The fraction of sp³-hybridized carbons (Fsp3) is 0.458. The van der Waals surface area contributed by atoms with Crippen molar-refractivity contribution in [3.8, 4) is 17.1 Å². The van der Waals surface area contributed by atoms with Gasteiger partial charge in [0.25, 0.3) is 0 Å². The van der Waals surface area contributed by atoms with Gasteiger partial charge in [0, 0.05) is 44.3 Å². The van der Waals surface area contributed by atoms with Crippen LogP contribution in [0.3, 0.4) is 0 Å². The molecule has 0 amide bonds. The highest BCUT2D eigenvalue weighted by molar-refractivity contribution is 7.88. The van der Waals surface area contributed by atoms with Crippen LogP contribution in [0.15, 0.2) is 42.7 Å². The second-order valence-electron chi connectivity index (χ2n) is 8.67. The first-order chi connectivity index (χ1) is 16.5. The Kier molecular flexibility index (Phi) is 6.73. The second-order valence-corrected chi connectivity index (χ2v) is 10.7. The lowest BCUT2D eigenvalue weighted by Crippen LogP contribution is -2.47. The van der Waals surface area contributed by atoms with Crippen LogP contribution in [0.5, 0.6) is 5.88 Å². The molecule has 2 aromatic heterocycles. The first-order valence-electron chi connectivity index (χ1n) is 11.5. The van der Waals surface area contributed by atoms with Gasteiger partial charge in [-0.15, -0.1) is 0 Å². The van der Waals surface area contributed by atoms with Crippen molar-refractivity contribution in [2.24, 2.45) is 0 Å². The Morgan fingerprint density at radius 3 is 2.62 bits per heavy atom. The molecule has 2 aliphatic heterocycles. The molecule has 0 radical (unpaired) electrons. The number of aromatic nitrogens is 3. The Hall–Kier alpha value is -2.66. The Balaban J connectivity index is 1.37. The van der Waals surface area contributed by atoms with Gasteiger partial charge in [-0.05, 0) is 30.4 Å². The molecule has 5 rings (SSSR count). The third-order valence-corrected chi connectivity index (χ3v) is 7.57. The summed E-state index contributed by atoms with van der Waals surface area (Å²) in [5.41, 5.74) is 4.25. The van der Waals surface area contributed by atoms with Gasteiger partial charge < -0.3 is 14.2 Å². The molecule has 1 aromatic carbocycles. The van der Waals surface area contributed by atoms with Gasteiger partial charge in [-0.2, -0.15) is 4.31 Å². The zero-order valence-corrected chi connectivity index (χ0v) is 19.9. The molecular formula is C24H28N4O5S. The molecule has 180 valence electrons. The number of hydrogen-bond donors (Lipinski definition) is 0. The van der Waals surface area contributed by atoms with Gasteiger partial charge in [-0.1, -0.05) is 24.3 Å². The topological polar surface area (TPSA) is 104 Å². The summed E-state index contributed by atoms with van der Waals surface area (Å²) >= 11 is 0. The highest BCUT2D eigenvalue weighted by atomic mass is 32.2. The van der Waals surface area contributed by atoms with E-state index in [1.54, 1.807) is 12.4 Å². The lowest BCUT2D eigenvalue weighted by atomic mass is 9.91. The molecule has 1 atom stereocenters. The van der Waals surface area contributed by atoms with E-state index in [0.717, 1.165) is 37.3 Å². The molecule has 0 spiro atoms. The summed E-state index contributed by atoms with van der Waals surface area (Å²) in [6.45, 7) is 2.71. The monoisotopic (exact) mass is 484 g/mol. The maximum absolute atomic E-state index is 11.9. The van der Waals surface area contributed by atoms with E-state index in [2.05, 4.69) is 34.2 Å². The molecule has 0 N–H and O–H groups in total. The smallest absolute Gasteiger partial charge is 0.242 e. The van der Waals surface area contributed by atoms with Crippen LogP contribution in [0.2, 0.25) is 0 Å². The van der Waals surface area contributed by atoms with Crippen LogP contribution in [0.4, 0.5) is 0 Å². The van der Waals surface area contributed by atoms with Crippen LogP contribution in [0.1, 0.15) is 24.3 Å². The van der Waals surface area contributed by atoms with Crippen LogP contribution in [-0.2, 0) is 19.5 Å². The number of pyridine rings is 1. The highest BCUT2D eigenvalue weighted by Crippen LogP contribution is 2.31. The fourth-order valence-electron chi connectivity index (χ4n) is 4.42. The number of benzene rings is 1. The van der Waals surface area contributed by atoms with Gasteiger partial charge >= 0.3 is 0 Å². The number of ether oxygens (including phenoxy) is 3. The summed E-state index contributed by atoms with van der Waals surface area (Å²) in [6, 6.07) is 10.4. The van der Waals surface area contributed by atoms with E-state index in [-0.39, 0.29) is 19.3 Å². The third kappa shape index (κ3) is 5.20. The average molecular weight is 485 g/mol. The number of rotatable bonds is 6. The maximum Gasteiger partial charge on any atom is 0.242 e. The van der Waals surface area contributed by atoms with E-state index in [0.29, 0.717) is 36.0 Å². The molecule has 4 heterocycles. The Morgan fingerprint density at radius 2 is 1.85 bits per heavy atom. The van der Waals surface area contributed by atoms with Gasteiger partial charge in [0.05, 0.1) is 24.1 Å². The predicted molar refractivity (Wildman–Crippen MR) is 127 cm³/mol. The summed E-state index contributed by atoms with van der Waals surface area (Å²) in [6.07, 6.45) is 6.14.